The van der Waals surface area contributed by atoms with E-state index >= 15 is 0 Å². The van der Waals surface area contributed by atoms with Gasteiger partial charge in [-0.05, 0) is 49.0 Å². The summed E-state index contributed by atoms with van der Waals surface area (Å²) < 4.78 is 12.2. The van der Waals surface area contributed by atoms with E-state index in [9.17, 15) is 4.79 Å². The molecule has 0 saturated carbocycles. The third kappa shape index (κ3) is 3.82. The molecule has 2 atom stereocenters. The van der Waals surface area contributed by atoms with E-state index in [0.717, 1.165) is 30.6 Å². The number of benzene rings is 1. The van der Waals surface area contributed by atoms with Crippen LogP contribution in [0.15, 0.2) is 42.2 Å². The van der Waals surface area contributed by atoms with Gasteiger partial charge in [-0.15, -0.1) is 0 Å². The van der Waals surface area contributed by atoms with Gasteiger partial charge in [0, 0.05) is 6.04 Å². The Labute approximate surface area is 158 Å². The average Bonchev–Trinajstić information content (AvgIpc) is 2.90. The smallest absolute Gasteiger partial charge is 0.410 e. The molecular weight excluding hydrogens is 342 g/mol. The van der Waals surface area contributed by atoms with Crippen molar-refractivity contribution >= 4 is 14.4 Å². The maximum absolute atomic E-state index is 12.8. The fraction of sp³-hybridized carbons (Fsp3) is 0.571. The highest BCUT2D eigenvalue weighted by Gasteiger charge is 2.46. The largest absolute Gasteiger partial charge is 0.545 e. The lowest BCUT2D eigenvalue weighted by Crippen LogP contribution is -2.48. The quantitative estimate of drug-likeness (QED) is 0.657. The molecule has 1 aromatic rings. The highest BCUT2D eigenvalue weighted by molar-refractivity contribution is 6.74. The van der Waals surface area contributed by atoms with Crippen molar-refractivity contribution in [1.29, 1.82) is 0 Å². The van der Waals surface area contributed by atoms with Crippen molar-refractivity contribution in [3.05, 3.63) is 47.7 Å². The molecule has 1 amide bonds. The maximum Gasteiger partial charge on any atom is 0.410 e. The van der Waals surface area contributed by atoms with E-state index in [0.29, 0.717) is 6.61 Å². The standard InChI is InChI=1S/C21H31NO3Si/c1-21(2,3)26(4,5)25-19-14-12-17-11-13-18(19)22(17)20(23)24-15-16-9-7-6-8-10-16/h6-10,14,17-18H,11-13,15H2,1-5H3/t17-,18+/m0/s1. The molecule has 1 fully saturated rings. The normalized spacial score (nSPS) is 22.8. The Hall–Kier alpha value is -1.75. The summed E-state index contributed by atoms with van der Waals surface area (Å²) in [6, 6.07) is 10.1. The fourth-order valence-corrected chi connectivity index (χ4v) is 4.52. The van der Waals surface area contributed by atoms with Crippen LogP contribution in [0.5, 0.6) is 0 Å². The second-order valence-corrected chi connectivity index (χ2v) is 13.6. The summed E-state index contributed by atoms with van der Waals surface area (Å²) >= 11 is 0. The molecule has 2 bridgehead atoms. The number of rotatable bonds is 4. The lowest BCUT2D eigenvalue weighted by atomic mass is 10.1. The Morgan fingerprint density at radius 1 is 1.19 bits per heavy atom. The Kier molecular flexibility index (Phi) is 5.20. The van der Waals surface area contributed by atoms with E-state index in [2.05, 4.69) is 39.9 Å². The summed E-state index contributed by atoms with van der Waals surface area (Å²) in [5, 5.41) is 0.141. The summed E-state index contributed by atoms with van der Waals surface area (Å²) in [4.78, 5) is 14.7. The molecule has 2 heterocycles. The molecule has 0 aliphatic carbocycles. The van der Waals surface area contributed by atoms with Gasteiger partial charge in [0.25, 0.3) is 0 Å². The van der Waals surface area contributed by atoms with E-state index in [-0.39, 0.29) is 23.2 Å². The van der Waals surface area contributed by atoms with Crippen LogP contribution in [0.3, 0.4) is 0 Å². The number of nitrogens with zero attached hydrogens (tertiary/aromatic N) is 1. The van der Waals surface area contributed by atoms with Crippen LogP contribution in [0.4, 0.5) is 4.79 Å². The SMILES string of the molecule is CC(C)(C)[Si](C)(C)OC1=CC[C@@H]2CC[C@H]1N2C(=O)OCc1ccccc1. The molecule has 5 heteroatoms. The van der Waals surface area contributed by atoms with Gasteiger partial charge in [0.05, 0.1) is 11.8 Å². The van der Waals surface area contributed by atoms with Crippen molar-refractivity contribution in [3.8, 4) is 0 Å². The summed E-state index contributed by atoms with van der Waals surface area (Å²) in [6.07, 6.45) is 4.84. The molecule has 4 nitrogen and oxygen atoms in total. The third-order valence-electron chi connectivity index (χ3n) is 6.02. The van der Waals surface area contributed by atoms with Gasteiger partial charge in [0.1, 0.15) is 6.61 Å². The van der Waals surface area contributed by atoms with Gasteiger partial charge in [-0.2, -0.15) is 0 Å². The molecule has 2 aliphatic rings. The van der Waals surface area contributed by atoms with E-state index in [1.165, 1.54) is 0 Å². The Morgan fingerprint density at radius 3 is 2.54 bits per heavy atom. The number of ether oxygens (including phenoxy) is 1. The molecule has 0 radical (unpaired) electrons. The van der Waals surface area contributed by atoms with Crippen LogP contribution in [0.25, 0.3) is 0 Å². The van der Waals surface area contributed by atoms with Gasteiger partial charge >= 0.3 is 6.09 Å². The number of carbonyl (C=O) groups excluding carboxylic acids is 1. The van der Waals surface area contributed by atoms with E-state index in [1.54, 1.807) is 0 Å². The topological polar surface area (TPSA) is 38.8 Å². The van der Waals surface area contributed by atoms with Gasteiger partial charge < -0.3 is 9.16 Å². The summed E-state index contributed by atoms with van der Waals surface area (Å²) in [6.45, 7) is 11.6. The van der Waals surface area contributed by atoms with Crippen molar-refractivity contribution in [1.82, 2.24) is 4.90 Å². The minimum atomic E-state index is -1.91. The zero-order valence-electron chi connectivity index (χ0n) is 16.6. The molecule has 0 unspecified atom stereocenters. The molecule has 142 valence electrons. The van der Waals surface area contributed by atoms with Crippen LogP contribution in [0, 0.1) is 0 Å². The number of hydrogen-bond donors (Lipinski definition) is 0. The first kappa shape index (κ1) is 19.0. The van der Waals surface area contributed by atoms with Crippen molar-refractivity contribution in [2.24, 2.45) is 0 Å². The van der Waals surface area contributed by atoms with Crippen molar-refractivity contribution in [3.63, 3.8) is 0 Å². The number of hydrogen-bond acceptors (Lipinski definition) is 3. The molecule has 3 rings (SSSR count). The Bertz CT molecular complexity index is 678. The first-order valence-corrected chi connectivity index (χ1v) is 12.5. The fourth-order valence-electron chi connectivity index (χ4n) is 3.41. The van der Waals surface area contributed by atoms with Crippen molar-refractivity contribution in [2.75, 3.05) is 0 Å². The predicted octanol–water partition coefficient (Wildman–Crippen LogP) is 5.47. The van der Waals surface area contributed by atoms with Gasteiger partial charge in [0.2, 0.25) is 8.32 Å². The van der Waals surface area contributed by atoms with Crippen LogP contribution in [-0.4, -0.2) is 31.4 Å². The van der Waals surface area contributed by atoms with Crippen LogP contribution >= 0.6 is 0 Å². The van der Waals surface area contributed by atoms with Gasteiger partial charge in [0.15, 0.2) is 0 Å². The van der Waals surface area contributed by atoms with Crippen molar-refractivity contribution in [2.45, 2.75) is 76.9 Å². The van der Waals surface area contributed by atoms with Crippen LogP contribution < -0.4 is 0 Å². The number of amides is 1. The first-order chi connectivity index (χ1) is 12.2. The first-order valence-electron chi connectivity index (χ1n) is 9.57. The molecule has 1 aromatic carbocycles. The maximum atomic E-state index is 12.8. The third-order valence-corrected chi connectivity index (χ3v) is 10.4. The summed E-state index contributed by atoms with van der Waals surface area (Å²) in [5.41, 5.74) is 1.01. The zero-order chi connectivity index (χ0) is 18.9. The minimum Gasteiger partial charge on any atom is -0.545 e. The predicted molar refractivity (Wildman–Crippen MR) is 106 cm³/mol. The molecule has 0 N–H and O–H groups in total. The highest BCUT2D eigenvalue weighted by atomic mass is 28.4. The lowest BCUT2D eigenvalue weighted by molar-refractivity contribution is 0.0730. The molecular formula is C21H31NO3Si. The molecule has 2 aliphatic heterocycles. The van der Waals surface area contributed by atoms with E-state index in [4.69, 9.17) is 9.16 Å². The van der Waals surface area contributed by atoms with Crippen molar-refractivity contribution < 1.29 is 14.0 Å². The average molecular weight is 374 g/mol. The number of fused-ring (bicyclic) bond motifs is 2. The van der Waals surface area contributed by atoms with Crippen LogP contribution in [0.2, 0.25) is 18.1 Å². The van der Waals surface area contributed by atoms with Gasteiger partial charge in [-0.25, -0.2) is 4.79 Å². The second kappa shape index (κ2) is 7.10. The van der Waals surface area contributed by atoms with E-state index < -0.39 is 8.32 Å². The summed E-state index contributed by atoms with van der Waals surface area (Å²) in [5.74, 6) is 0.988. The Balaban J connectivity index is 1.68. The molecule has 1 saturated heterocycles. The van der Waals surface area contributed by atoms with E-state index in [1.807, 2.05) is 35.2 Å². The lowest BCUT2D eigenvalue weighted by Gasteiger charge is -2.41. The molecule has 0 spiro atoms. The zero-order valence-corrected chi connectivity index (χ0v) is 17.6. The van der Waals surface area contributed by atoms with Gasteiger partial charge in [-0.3, -0.25) is 4.90 Å². The number of carbonyl (C=O) groups is 1. The van der Waals surface area contributed by atoms with Crippen LogP contribution in [0.1, 0.15) is 45.6 Å². The molecule has 26 heavy (non-hydrogen) atoms. The molecule has 0 aromatic heterocycles. The minimum absolute atomic E-state index is 0.0335. The van der Waals surface area contributed by atoms with Crippen LogP contribution in [-0.2, 0) is 15.8 Å². The highest BCUT2D eigenvalue weighted by Crippen LogP contribution is 2.43. The Morgan fingerprint density at radius 2 is 1.88 bits per heavy atom. The second-order valence-electron chi connectivity index (χ2n) is 8.90. The van der Waals surface area contributed by atoms with Gasteiger partial charge in [-0.1, -0.05) is 51.1 Å². The monoisotopic (exact) mass is 373 g/mol. The summed E-state index contributed by atoms with van der Waals surface area (Å²) in [7, 11) is -1.91.